The van der Waals surface area contributed by atoms with Gasteiger partial charge in [-0.3, -0.25) is 0 Å². The van der Waals surface area contributed by atoms with Crippen LogP contribution in [0.15, 0.2) is 27.4 Å². The third kappa shape index (κ3) is 3.19. The molecular weight excluding hydrogens is 351 g/mol. The summed E-state index contributed by atoms with van der Waals surface area (Å²) in [6.07, 6.45) is -7.42. The summed E-state index contributed by atoms with van der Waals surface area (Å²) in [5.41, 5.74) is -0.0834. The molecule has 1 saturated heterocycles. The molecule has 0 amide bonds. The maximum absolute atomic E-state index is 13.6. The van der Waals surface area contributed by atoms with Gasteiger partial charge < -0.3 is 34.3 Å². The molecular formula is C17H19FO8. The fourth-order valence-corrected chi connectivity index (χ4v) is 2.95. The van der Waals surface area contributed by atoms with E-state index in [0.717, 1.165) is 0 Å². The van der Waals surface area contributed by atoms with Crippen LogP contribution in [0.2, 0.25) is 0 Å². The van der Waals surface area contributed by atoms with Gasteiger partial charge in [-0.1, -0.05) is 0 Å². The molecule has 142 valence electrons. The molecule has 2 heterocycles. The Bertz CT molecular complexity index is 849. The minimum absolute atomic E-state index is 0.0135. The molecule has 5 atom stereocenters. The molecule has 26 heavy (non-hydrogen) atoms. The Hall–Kier alpha value is -2.04. The molecule has 1 aliphatic rings. The summed E-state index contributed by atoms with van der Waals surface area (Å²) in [6.45, 7) is 0.0441. The van der Waals surface area contributed by atoms with Gasteiger partial charge in [-0.05, 0) is 24.6 Å². The molecule has 1 aromatic heterocycles. The molecule has 1 fully saturated rings. The number of rotatable bonds is 4. The minimum atomic E-state index is -1.64. The molecule has 1 aliphatic heterocycles. The van der Waals surface area contributed by atoms with Gasteiger partial charge in [0.15, 0.2) is 0 Å². The summed E-state index contributed by atoms with van der Waals surface area (Å²) in [4.78, 5) is 11.6. The van der Waals surface area contributed by atoms with Crippen LogP contribution in [-0.2, 0) is 11.4 Å². The molecule has 4 N–H and O–H groups in total. The lowest BCUT2D eigenvalue weighted by molar-refractivity contribution is -0.277. The first-order chi connectivity index (χ1) is 12.4. The van der Waals surface area contributed by atoms with Crippen molar-refractivity contribution in [2.75, 3.05) is 6.61 Å². The van der Waals surface area contributed by atoms with Crippen LogP contribution in [0.5, 0.6) is 5.75 Å². The van der Waals surface area contributed by atoms with E-state index in [0.29, 0.717) is 10.9 Å². The van der Waals surface area contributed by atoms with Crippen LogP contribution in [-0.4, -0.2) is 57.7 Å². The smallest absolute Gasteiger partial charge is 0.336 e. The van der Waals surface area contributed by atoms with Crippen molar-refractivity contribution in [1.82, 2.24) is 0 Å². The number of fused-ring (bicyclic) bond motifs is 1. The first-order valence-corrected chi connectivity index (χ1v) is 7.96. The number of aryl methyl sites for hydroxylation is 1. The van der Waals surface area contributed by atoms with Crippen LogP contribution >= 0.6 is 0 Å². The Morgan fingerprint density at radius 1 is 1.19 bits per heavy atom. The molecule has 0 spiro atoms. The minimum Gasteiger partial charge on any atom is -0.461 e. The van der Waals surface area contributed by atoms with E-state index in [-0.39, 0.29) is 16.9 Å². The van der Waals surface area contributed by atoms with Crippen LogP contribution < -0.4 is 10.4 Å². The van der Waals surface area contributed by atoms with E-state index in [1.165, 1.54) is 12.1 Å². The third-order valence-electron chi connectivity index (χ3n) is 4.40. The predicted octanol–water partition coefficient (Wildman–Crippen LogP) is -0.250. The summed E-state index contributed by atoms with van der Waals surface area (Å²) in [7, 11) is 0. The van der Waals surface area contributed by atoms with E-state index >= 15 is 0 Å². The Balaban J connectivity index is 1.99. The van der Waals surface area contributed by atoms with Crippen LogP contribution in [0.3, 0.4) is 0 Å². The van der Waals surface area contributed by atoms with Crippen LogP contribution in [0.4, 0.5) is 4.39 Å². The summed E-state index contributed by atoms with van der Waals surface area (Å²) in [5, 5.41) is 39.4. The number of aliphatic hydroxyl groups is 4. The van der Waals surface area contributed by atoms with Crippen molar-refractivity contribution in [3.63, 3.8) is 0 Å². The molecule has 9 heteroatoms. The maximum Gasteiger partial charge on any atom is 0.336 e. The summed E-state index contributed by atoms with van der Waals surface area (Å²) >= 11 is 0. The second-order valence-electron chi connectivity index (χ2n) is 6.12. The second kappa shape index (κ2) is 7.29. The van der Waals surface area contributed by atoms with E-state index in [2.05, 4.69) is 0 Å². The number of aliphatic hydroxyl groups excluding tert-OH is 4. The zero-order valence-corrected chi connectivity index (χ0v) is 13.8. The maximum atomic E-state index is 13.6. The van der Waals surface area contributed by atoms with Gasteiger partial charge in [0.1, 0.15) is 42.4 Å². The van der Waals surface area contributed by atoms with Crippen molar-refractivity contribution in [2.45, 2.75) is 44.3 Å². The molecule has 0 bridgehead atoms. The zero-order chi connectivity index (χ0) is 19.0. The van der Waals surface area contributed by atoms with Gasteiger partial charge in [-0.2, -0.15) is 0 Å². The van der Waals surface area contributed by atoms with E-state index in [9.17, 15) is 29.6 Å². The number of hydrogen-bond donors (Lipinski definition) is 4. The highest BCUT2D eigenvalue weighted by Gasteiger charge is 2.44. The SMILES string of the molecule is Cc1cc(=O)oc2c(CF)c(O[C@@H]3O[C@H](CO)[C@H](O)[C@H](O)[C@H]3O)ccc12. The fraction of sp³-hybridized carbons (Fsp3) is 0.471. The molecule has 0 saturated carbocycles. The predicted molar refractivity (Wildman–Crippen MR) is 86.4 cm³/mol. The molecule has 2 aromatic rings. The number of alkyl halides is 1. The van der Waals surface area contributed by atoms with Crippen molar-refractivity contribution in [3.8, 4) is 5.75 Å². The molecule has 0 radical (unpaired) electrons. The van der Waals surface area contributed by atoms with Crippen LogP contribution in [0, 0.1) is 6.92 Å². The third-order valence-corrected chi connectivity index (χ3v) is 4.40. The number of ether oxygens (including phenoxy) is 2. The van der Waals surface area contributed by atoms with E-state index in [1.54, 1.807) is 13.0 Å². The fourth-order valence-electron chi connectivity index (χ4n) is 2.95. The van der Waals surface area contributed by atoms with Crippen LogP contribution in [0.1, 0.15) is 11.1 Å². The number of halogens is 1. The van der Waals surface area contributed by atoms with Crippen molar-refractivity contribution in [1.29, 1.82) is 0 Å². The van der Waals surface area contributed by atoms with Gasteiger partial charge in [-0.25, -0.2) is 9.18 Å². The first-order valence-electron chi connectivity index (χ1n) is 7.96. The highest BCUT2D eigenvalue weighted by atomic mass is 19.1. The van der Waals surface area contributed by atoms with E-state index in [4.69, 9.17) is 13.9 Å². The van der Waals surface area contributed by atoms with Gasteiger partial charge in [0.2, 0.25) is 6.29 Å². The van der Waals surface area contributed by atoms with Crippen molar-refractivity contribution in [2.24, 2.45) is 0 Å². The lowest BCUT2D eigenvalue weighted by atomic mass is 9.99. The Morgan fingerprint density at radius 3 is 2.58 bits per heavy atom. The van der Waals surface area contributed by atoms with Gasteiger partial charge in [0.25, 0.3) is 0 Å². The summed E-state index contributed by atoms with van der Waals surface area (Å²) < 4.78 is 29.4. The summed E-state index contributed by atoms with van der Waals surface area (Å²) in [6, 6.07) is 4.26. The quantitative estimate of drug-likeness (QED) is 0.542. The van der Waals surface area contributed by atoms with Crippen molar-refractivity contribution >= 4 is 11.0 Å². The van der Waals surface area contributed by atoms with Crippen molar-refractivity contribution in [3.05, 3.63) is 39.7 Å². The van der Waals surface area contributed by atoms with Gasteiger partial charge >= 0.3 is 5.63 Å². The largest absolute Gasteiger partial charge is 0.461 e. The second-order valence-corrected chi connectivity index (χ2v) is 6.12. The first kappa shape index (κ1) is 18.7. The van der Waals surface area contributed by atoms with Crippen molar-refractivity contribution < 1.29 is 38.7 Å². The van der Waals surface area contributed by atoms with E-state index in [1.807, 2.05) is 0 Å². The highest BCUT2D eigenvalue weighted by molar-refractivity contribution is 5.84. The Morgan fingerprint density at radius 2 is 1.92 bits per heavy atom. The molecule has 0 aliphatic carbocycles. The zero-order valence-electron chi connectivity index (χ0n) is 13.8. The van der Waals surface area contributed by atoms with Crippen LogP contribution in [0.25, 0.3) is 11.0 Å². The lowest BCUT2D eigenvalue weighted by Gasteiger charge is -2.39. The Kier molecular flexibility index (Phi) is 5.26. The van der Waals surface area contributed by atoms with Gasteiger partial charge in [0, 0.05) is 11.5 Å². The highest BCUT2D eigenvalue weighted by Crippen LogP contribution is 2.32. The molecule has 1 aromatic carbocycles. The molecule has 0 unspecified atom stereocenters. The van der Waals surface area contributed by atoms with E-state index < -0.39 is 49.6 Å². The number of benzene rings is 1. The molecule has 3 rings (SSSR count). The number of hydrogen-bond acceptors (Lipinski definition) is 8. The summed E-state index contributed by atoms with van der Waals surface area (Å²) in [5.74, 6) is -0.0573. The molecule has 8 nitrogen and oxygen atoms in total. The topological polar surface area (TPSA) is 130 Å². The van der Waals surface area contributed by atoms with Gasteiger partial charge in [0.05, 0.1) is 12.2 Å². The average Bonchev–Trinajstić information content (AvgIpc) is 2.61. The lowest BCUT2D eigenvalue weighted by Crippen LogP contribution is -2.60. The standard InChI is InChI=1S/C17H19FO8/c1-7-4-12(20)26-16-8(7)2-3-10(9(16)5-18)24-17-15(23)14(22)13(21)11(6-19)25-17/h2-4,11,13-15,17,19,21-23H,5-6H2,1H3/t11-,13+,14+,15-,17-/m1/s1. The average molecular weight is 370 g/mol. The van der Waals surface area contributed by atoms with Gasteiger partial charge in [-0.15, -0.1) is 0 Å². The Labute approximate surface area is 147 Å². The monoisotopic (exact) mass is 370 g/mol. The normalized spacial score (nSPS) is 29.1.